The minimum Gasteiger partial charge on any atom is -0.273 e. The summed E-state index contributed by atoms with van der Waals surface area (Å²) in [6.07, 6.45) is -0.167. The van der Waals surface area contributed by atoms with Gasteiger partial charge in [-0.2, -0.15) is 0 Å². The maximum Gasteiger partial charge on any atom is 0.243 e. The number of halogens is 2. The van der Waals surface area contributed by atoms with E-state index in [0.717, 1.165) is 0 Å². The lowest BCUT2D eigenvalue weighted by Gasteiger charge is -2.24. The first-order chi connectivity index (χ1) is 9.19. The second-order valence-electron chi connectivity index (χ2n) is 4.92. The Morgan fingerprint density at radius 3 is 2.30 bits per heavy atom. The highest BCUT2D eigenvalue weighted by Crippen LogP contribution is 2.23. The van der Waals surface area contributed by atoms with Gasteiger partial charge < -0.3 is 0 Å². The fourth-order valence-electron chi connectivity index (χ4n) is 1.56. The van der Waals surface area contributed by atoms with Crippen LogP contribution in [-0.2, 0) is 20.2 Å². The predicted octanol–water partition coefficient (Wildman–Crippen LogP) is 1.91. The molecule has 0 fully saturated rings. The van der Waals surface area contributed by atoms with E-state index in [1.54, 1.807) is 0 Å². The molecule has 1 rings (SSSR count). The van der Waals surface area contributed by atoms with Gasteiger partial charge in [0.2, 0.25) is 15.9 Å². The van der Waals surface area contributed by atoms with Crippen molar-refractivity contribution in [2.75, 3.05) is 12.4 Å². The van der Waals surface area contributed by atoms with E-state index < -0.39 is 39.6 Å². The van der Waals surface area contributed by atoms with E-state index in [1.165, 1.54) is 38.1 Å². The summed E-state index contributed by atoms with van der Waals surface area (Å²) in [6.45, 7) is 2.29. The van der Waals surface area contributed by atoms with E-state index in [0.29, 0.717) is 5.56 Å². The first-order valence-corrected chi connectivity index (χ1v) is 7.71. The summed E-state index contributed by atoms with van der Waals surface area (Å²) in [5, 5.41) is 0. The highest BCUT2D eigenvalue weighted by molar-refractivity contribution is 7.90. The summed E-state index contributed by atoms with van der Waals surface area (Å²) in [6, 6.07) is 5.23. The van der Waals surface area contributed by atoms with Crippen molar-refractivity contribution in [1.29, 1.82) is 0 Å². The van der Waals surface area contributed by atoms with Gasteiger partial charge in [-0.3, -0.25) is 13.9 Å². The number of hydrogen-bond donors (Lipinski definition) is 1. The third-order valence-electron chi connectivity index (χ3n) is 2.93. The fourth-order valence-corrected chi connectivity index (χ4v) is 2.69. The number of hydrogen-bond acceptors (Lipinski definition) is 3. The van der Waals surface area contributed by atoms with Crippen LogP contribution in [0.2, 0.25) is 0 Å². The van der Waals surface area contributed by atoms with Crippen LogP contribution in [0.1, 0.15) is 25.8 Å². The normalized spacial score (nSPS) is 12.2. The molecule has 0 spiro atoms. The maximum atomic E-state index is 12.9. The van der Waals surface area contributed by atoms with Gasteiger partial charge in [0.25, 0.3) is 0 Å². The summed E-state index contributed by atoms with van der Waals surface area (Å²) in [5.74, 6) is -1.63. The Labute approximate surface area is 117 Å². The Kier molecular flexibility index (Phi) is 5.21. The van der Waals surface area contributed by atoms with Gasteiger partial charge in [-0.05, 0) is 38.0 Å². The Hall–Kier alpha value is -1.50. The standard InChI is InChI=1S/C13H17F2NO3S/c1-13(2,10-4-6-11(15)7-5-10)12(17)16-20(18,19)9-3-8-14/h4-7H,3,8-9H2,1-2H3,(H,16,17). The Morgan fingerprint density at radius 1 is 1.25 bits per heavy atom. The molecule has 1 N–H and O–H groups in total. The van der Waals surface area contributed by atoms with Crippen LogP contribution in [0, 0.1) is 5.82 Å². The van der Waals surface area contributed by atoms with E-state index >= 15 is 0 Å². The minimum atomic E-state index is -3.86. The molecule has 0 aliphatic heterocycles. The van der Waals surface area contributed by atoms with Crippen LogP contribution in [0.4, 0.5) is 8.78 Å². The van der Waals surface area contributed by atoms with Crippen molar-refractivity contribution in [3.63, 3.8) is 0 Å². The number of carbonyl (C=O) groups excluding carboxylic acids is 1. The van der Waals surface area contributed by atoms with Crippen LogP contribution >= 0.6 is 0 Å². The molecule has 0 aliphatic carbocycles. The van der Waals surface area contributed by atoms with Gasteiger partial charge in [0.15, 0.2) is 0 Å². The third-order valence-corrected chi connectivity index (χ3v) is 4.25. The number of benzene rings is 1. The Balaban J connectivity index is 2.87. The van der Waals surface area contributed by atoms with E-state index in [9.17, 15) is 22.0 Å². The molecule has 0 saturated heterocycles. The SMILES string of the molecule is CC(C)(C(=O)NS(=O)(=O)CCCF)c1ccc(F)cc1. The second-order valence-corrected chi connectivity index (χ2v) is 6.77. The average molecular weight is 305 g/mol. The highest BCUT2D eigenvalue weighted by Gasteiger charge is 2.32. The van der Waals surface area contributed by atoms with Gasteiger partial charge in [0.05, 0.1) is 17.8 Å². The van der Waals surface area contributed by atoms with Crippen LogP contribution in [0.3, 0.4) is 0 Å². The summed E-state index contributed by atoms with van der Waals surface area (Å²) in [5.41, 5.74) is -0.659. The number of amides is 1. The summed E-state index contributed by atoms with van der Waals surface area (Å²) >= 11 is 0. The minimum absolute atomic E-state index is 0.167. The van der Waals surface area contributed by atoms with Crippen LogP contribution in [0.5, 0.6) is 0 Å². The highest BCUT2D eigenvalue weighted by atomic mass is 32.2. The molecule has 1 aromatic carbocycles. The van der Waals surface area contributed by atoms with E-state index in [1.807, 2.05) is 4.72 Å². The topological polar surface area (TPSA) is 63.2 Å². The van der Waals surface area contributed by atoms with Gasteiger partial charge in [0.1, 0.15) is 5.82 Å². The molecule has 0 unspecified atom stereocenters. The molecule has 0 atom stereocenters. The molecule has 1 amide bonds. The van der Waals surface area contributed by atoms with Crippen molar-refractivity contribution < 1.29 is 22.0 Å². The lowest BCUT2D eigenvalue weighted by Crippen LogP contribution is -2.43. The summed E-state index contributed by atoms with van der Waals surface area (Å²) < 4.78 is 49.9. The van der Waals surface area contributed by atoms with Crippen LogP contribution in [-0.4, -0.2) is 26.8 Å². The molecular formula is C13H17F2NO3S. The van der Waals surface area contributed by atoms with Crippen LogP contribution in [0.15, 0.2) is 24.3 Å². The van der Waals surface area contributed by atoms with E-state index in [4.69, 9.17) is 0 Å². The van der Waals surface area contributed by atoms with Gasteiger partial charge in [-0.25, -0.2) is 12.8 Å². The van der Waals surface area contributed by atoms with Gasteiger partial charge in [0, 0.05) is 0 Å². The maximum absolute atomic E-state index is 12.9. The third kappa shape index (κ3) is 4.26. The molecule has 112 valence electrons. The molecule has 0 bridgehead atoms. The molecule has 7 heteroatoms. The molecule has 1 aromatic rings. The zero-order valence-corrected chi connectivity index (χ0v) is 12.1. The monoisotopic (exact) mass is 305 g/mol. The molecule has 0 saturated carbocycles. The lowest BCUT2D eigenvalue weighted by molar-refractivity contribution is -0.123. The van der Waals surface area contributed by atoms with Crippen molar-refractivity contribution in [3.8, 4) is 0 Å². The van der Waals surface area contributed by atoms with Gasteiger partial charge in [-0.15, -0.1) is 0 Å². The van der Waals surface area contributed by atoms with Gasteiger partial charge in [-0.1, -0.05) is 12.1 Å². The summed E-state index contributed by atoms with van der Waals surface area (Å²) in [7, 11) is -3.86. The summed E-state index contributed by atoms with van der Waals surface area (Å²) in [4.78, 5) is 12.1. The zero-order valence-electron chi connectivity index (χ0n) is 11.3. The Bertz CT molecular complexity index is 568. The molecule has 0 heterocycles. The fraction of sp³-hybridized carbons (Fsp3) is 0.462. The van der Waals surface area contributed by atoms with E-state index in [2.05, 4.69) is 0 Å². The predicted molar refractivity (Wildman–Crippen MR) is 71.9 cm³/mol. The van der Waals surface area contributed by atoms with Crippen LogP contribution < -0.4 is 4.72 Å². The van der Waals surface area contributed by atoms with E-state index in [-0.39, 0.29) is 6.42 Å². The van der Waals surface area contributed by atoms with Crippen molar-refractivity contribution in [3.05, 3.63) is 35.6 Å². The molecule has 4 nitrogen and oxygen atoms in total. The molecule has 0 radical (unpaired) electrons. The number of nitrogens with one attached hydrogen (secondary N) is 1. The lowest BCUT2D eigenvalue weighted by atomic mass is 9.84. The molecule has 20 heavy (non-hydrogen) atoms. The Morgan fingerprint density at radius 2 is 1.80 bits per heavy atom. The largest absolute Gasteiger partial charge is 0.273 e. The van der Waals surface area contributed by atoms with Crippen LogP contribution in [0.25, 0.3) is 0 Å². The average Bonchev–Trinajstić information content (AvgIpc) is 2.36. The van der Waals surface area contributed by atoms with Crippen molar-refractivity contribution in [1.82, 2.24) is 4.72 Å². The quantitative estimate of drug-likeness (QED) is 0.873. The number of sulfonamides is 1. The van der Waals surface area contributed by atoms with Crippen molar-refractivity contribution >= 4 is 15.9 Å². The van der Waals surface area contributed by atoms with Crippen molar-refractivity contribution in [2.45, 2.75) is 25.7 Å². The van der Waals surface area contributed by atoms with Gasteiger partial charge >= 0.3 is 0 Å². The number of rotatable bonds is 6. The first-order valence-electron chi connectivity index (χ1n) is 6.06. The molecular weight excluding hydrogens is 288 g/mol. The first kappa shape index (κ1) is 16.6. The smallest absolute Gasteiger partial charge is 0.243 e. The number of carbonyl (C=O) groups is 1. The second kappa shape index (κ2) is 6.30. The molecule has 0 aliphatic rings. The number of alkyl halides is 1. The molecule has 0 aromatic heterocycles. The zero-order chi connectivity index (χ0) is 15.4. The van der Waals surface area contributed by atoms with Crippen molar-refractivity contribution in [2.24, 2.45) is 0 Å².